The largest absolute Gasteiger partial charge is 0.388 e. The second-order valence-electron chi connectivity index (χ2n) is 5.36. The number of para-hydroxylation sites is 1. The average Bonchev–Trinajstić information content (AvgIpc) is 2.91. The highest BCUT2D eigenvalue weighted by atomic mass is 16.3. The fraction of sp³-hybridized carbons (Fsp3) is 0.400. The van der Waals surface area contributed by atoms with Gasteiger partial charge in [-0.1, -0.05) is 18.2 Å². The number of aliphatic hydroxyl groups excluding tert-OH is 2. The Bertz CT molecular complexity index is 640. The first-order valence-electron chi connectivity index (χ1n) is 6.75. The van der Waals surface area contributed by atoms with Gasteiger partial charge in [0.1, 0.15) is 6.54 Å². The first kappa shape index (κ1) is 13.1. The number of fused-ring (bicyclic) bond motifs is 1. The van der Waals surface area contributed by atoms with Crippen LogP contribution in [0.25, 0.3) is 10.9 Å². The van der Waals surface area contributed by atoms with Gasteiger partial charge in [-0.3, -0.25) is 4.79 Å². The summed E-state index contributed by atoms with van der Waals surface area (Å²) in [5.74, 6) is -0.0787. The van der Waals surface area contributed by atoms with Crippen LogP contribution in [0, 0.1) is 6.92 Å². The zero-order chi connectivity index (χ0) is 14.3. The molecule has 2 atom stereocenters. The minimum Gasteiger partial charge on any atom is -0.388 e. The number of carbonyl (C=O) groups is 1. The third kappa shape index (κ3) is 2.19. The van der Waals surface area contributed by atoms with E-state index in [2.05, 4.69) is 6.07 Å². The van der Waals surface area contributed by atoms with E-state index < -0.39 is 12.2 Å². The Balaban J connectivity index is 1.83. The molecule has 0 bridgehead atoms. The first-order valence-corrected chi connectivity index (χ1v) is 6.75. The predicted molar refractivity (Wildman–Crippen MR) is 75.3 cm³/mol. The van der Waals surface area contributed by atoms with Crippen LogP contribution in [-0.4, -0.2) is 50.9 Å². The molecule has 2 heterocycles. The third-order valence-corrected chi connectivity index (χ3v) is 3.92. The number of aromatic nitrogens is 1. The molecule has 1 amide bonds. The van der Waals surface area contributed by atoms with Gasteiger partial charge in [0.15, 0.2) is 0 Å². The van der Waals surface area contributed by atoms with Crippen molar-refractivity contribution in [2.45, 2.75) is 25.7 Å². The Morgan fingerprint density at radius 1 is 1.25 bits per heavy atom. The van der Waals surface area contributed by atoms with E-state index >= 15 is 0 Å². The molecule has 1 aromatic carbocycles. The number of aliphatic hydroxyl groups is 2. The summed E-state index contributed by atoms with van der Waals surface area (Å²) in [6.45, 7) is 2.62. The fourth-order valence-electron chi connectivity index (χ4n) is 2.77. The van der Waals surface area contributed by atoms with E-state index in [9.17, 15) is 15.0 Å². The summed E-state index contributed by atoms with van der Waals surface area (Å²) in [6.07, 6.45) is -1.66. The molecule has 5 heteroatoms. The Labute approximate surface area is 117 Å². The van der Waals surface area contributed by atoms with E-state index in [-0.39, 0.29) is 25.5 Å². The highest BCUT2D eigenvalue weighted by molar-refractivity contribution is 5.84. The van der Waals surface area contributed by atoms with Gasteiger partial charge in [0.25, 0.3) is 0 Å². The van der Waals surface area contributed by atoms with E-state index in [4.69, 9.17) is 0 Å². The van der Waals surface area contributed by atoms with Gasteiger partial charge in [-0.15, -0.1) is 0 Å². The van der Waals surface area contributed by atoms with Crippen molar-refractivity contribution in [1.29, 1.82) is 0 Å². The van der Waals surface area contributed by atoms with Gasteiger partial charge in [-0.25, -0.2) is 0 Å². The normalized spacial score (nSPS) is 22.6. The maximum atomic E-state index is 12.3. The maximum Gasteiger partial charge on any atom is 0.242 e. The SMILES string of the molecule is Cc1cc2ccccc2n1CC(=O)N1CC(O)C(O)C1. The number of nitrogens with zero attached hydrogens (tertiary/aromatic N) is 2. The molecule has 1 aromatic heterocycles. The topological polar surface area (TPSA) is 65.7 Å². The quantitative estimate of drug-likeness (QED) is 0.839. The summed E-state index contributed by atoms with van der Waals surface area (Å²) in [6, 6.07) is 9.99. The molecular formula is C15H18N2O3. The number of carbonyl (C=O) groups excluding carboxylic acids is 1. The predicted octanol–water partition coefficient (Wildman–Crippen LogP) is 0.514. The lowest BCUT2D eigenvalue weighted by Gasteiger charge is -2.17. The molecule has 0 saturated carbocycles. The van der Waals surface area contributed by atoms with Gasteiger partial charge in [-0.05, 0) is 24.4 Å². The lowest BCUT2D eigenvalue weighted by molar-refractivity contribution is -0.131. The lowest BCUT2D eigenvalue weighted by Crippen LogP contribution is -2.33. The van der Waals surface area contributed by atoms with Crippen LogP contribution in [0.4, 0.5) is 0 Å². The summed E-state index contributed by atoms with van der Waals surface area (Å²) < 4.78 is 1.97. The van der Waals surface area contributed by atoms with Crippen LogP contribution in [0.1, 0.15) is 5.69 Å². The molecule has 1 aliphatic rings. The van der Waals surface area contributed by atoms with Gasteiger partial charge in [-0.2, -0.15) is 0 Å². The molecule has 0 radical (unpaired) electrons. The van der Waals surface area contributed by atoms with Crippen LogP contribution in [-0.2, 0) is 11.3 Å². The summed E-state index contributed by atoms with van der Waals surface area (Å²) in [4.78, 5) is 13.8. The highest BCUT2D eigenvalue weighted by Crippen LogP contribution is 2.20. The summed E-state index contributed by atoms with van der Waals surface area (Å²) in [7, 11) is 0. The summed E-state index contributed by atoms with van der Waals surface area (Å²) >= 11 is 0. The molecule has 20 heavy (non-hydrogen) atoms. The van der Waals surface area contributed by atoms with Crippen molar-refractivity contribution in [3.05, 3.63) is 36.0 Å². The van der Waals surface area contributed by atoms with Crippen molar-refractivity contribution in [1.82, 2.24) is 9.47 Å². The number of hydrogen-bond donors (Lipinski definition) is 2. The second-order valence-corrected chi connectivity index (χ2v) is 5.36. The minimum atomic E-state index is -0.832. The summed E-state index contributed by atoms with van der Waals surface area (Å²) in [5.41, 5.74) is 2.05. The molecule has 2 aromatic rings. The molecule has 3 rings (SSSR count). The van der Waals surface area contributed by atoms with Gasteiger partial charge < -0.3 is 19.7 Å². The Morgan fingerprint density at radius 3 is 2.60 bits per heavy atom. The van der Waals surface area contributed by atoms with Crippen molar-refractivity contribution in [2.24, 2.45) is 0 Å². The summed E-state index contributed by atoms with van der Waals surface area (Å²) in [5, 5.41) is 20.1. The molecule has 1 aliphatic heterocycles. The number of amides is 1. The van der Waals surface area contributed by atoms with Crippen LogP contribution in [0.15, 0.2) is 30.3 Å². The Morgan fingerprint density at radius 2 is 1.90 bits per heavy atom. The van der Waals surface area contributed by atoms with Crippen molar-refractivity contribution in [2.75, 3.05) is 13.1 Å². The smallest absolute Gasteiger partial charge is 0.242 e. The van der Waals surface area contributed by atoms with E-state index in [1.54, 1.807) is 0 Å². The highest BCUT2D eigenvalue weighted by Gasteiger charge is 2.32. The Kier molecular flexibility index (Phi) is 3.23. The van der Waals surface area contributed by atoms with Gasteiger partial charge >= 0.3 is 0 Å². The van der Waals surface area contributed by atoms with Gasteiger partial charge in [0.05, 0.1) is 12.2 Å². The van der Waals surface area contributed by atoms with Crippen LogP contribution in [0.3, 0.4) is 0 Å². The van der Waals surface area contributed by atoms with Crippen molar-refractivity contribution >= 4 is 16.8 Å². The molecule has 106 valence electrons. The van der Waals surface area contributed by atoms with Crippen LogP contribution >= 0.6 is 0 Å². The second kappa shape index (κ2) is 4.92. The third-order valence-electron chi connectivity index (χ3n) is 3.92. The number of hydrogen-bond acceptors (Lipinski definition) is 3. The minimum absolute atomic E-state index is 0.0787. The molecule has 1 fully saturated rings. The lowest BCUT2D eigenvalue weighted by atomic mass is 10.2. The number of benzene rings is 1. The zero-order valence-corrected chi connectivity index (χ0v) is 11.4. The molecule has 1 saturated heterocycles. The maximum absolute atomic E-state index is 12.3. The Hall–Kier alpha value is -1.85. The van der Waals surface area contributed by atoms with Crippen molar-refractivity contribution in [3.63, 3.8) is 0 Å². The van der Waals surface area contributed by atoms with E-state index in [0.717, 1.165) is 16.6 Å². The first-order chi connectivity index (χ1) is 9.56. The number of likely N-dealkylation sites (tertiary alicyclic amines) is 1. The number of rotatable bonds is 2. The van der Waals surface area contributed by atoms with Crippen molar-refractivity contribution in [3.8, 4) is 0 Å². The molecular weight excluding hydrogens is 256 g/mol. The van der Waals surface area contributed by atoms with Crippen molar-refractivity contribution < 1.29 is 15.0 Å². The zero-order valence-electron chi connectivity index (χ0n) is 11.4. The van der Waals surface area contributed by atoms with Crippen LogP contribution in [0.2, 0.25) is 0 Å². The molecule has 2 unspecified atom stereocenters. The molecule has 5 nitrogen and oxygen atoms in total. The average molecular weight is 274 g/mol. The number of aryl methyl sites for hydroxylation is 1. The van der Waals surface area contributed by atoms with Gasteiger partial charge in [0.2, 0.25) is 5.91 Å². The van der Waals surface area contributed by atoms with E-state index in [1.807, 2.05) is 35.8 Å². The van der Waals surface area contributed by atoms with E-state index in [1.165, 1.54) is 4.90 Å². The van der Waals surface area contributed by atoms with Gasteiger partial charge in [0, 0.05) is 24.3 Å². The van der Waals surface area contributed by atoms with Crippen LogP contribution < -0.4 is 0 Å². The van der Waals surface area contributed by atoms with Crippen LogP contribution in [0.5, 0.6) is 0 Å². The number of β-amino-alcohol motifs (C(OH)–C–C–N with tert-alkyl or cyclic N) is 2. The molecule has 2 N–H and O–H groups in total. The molecule has 0 aliphatic carbocycles. The fourth-order valence-corrected chi connectivity index (χ4v) is 2.77. The van der Waals surface area contributed by atoms with E-state index in [0.29, 0.717) is 0 Å². The monoisotopic (exact) mass is 274 g/mol. The standard InChI is InChI=1S/C15H18N2O3/c1-10-6-11-4-2-3-5-12(11)17(10)9-15(20)16-7-13(18)14(19)8-16/h2-6,13-14,18-19H,7-9H2,1H3. The molecule has 0 spiro atoms.